The first-order valence-corrected chi connectivity index (χ1v) is 4.58. The molecule has 0 N–H and O–H groups in total. The molecule has 0 atom stereocenters. The number of carbonyl (C=O) groups is 1. The molecule has 0 heterocycles. The minimum atomic E-state index is -0.747. The first kappa shape index (κ1) is 9.59. The van der Waals surface area contributed by atoms with E-state index in [-0.39, 0.29) is 0 Å². The van der Waals surface area contributed by atoms with Gasteiger partial charge in [0.25, 0.3) is 0 Å². The fourth-order valence-corrected chi connectivity index (χ4v) is 1.75. The highest BCUT2D eigenvalue weighted by Crippen LogP contribution is 2.35. The zero-order chi connectivity index (χ0) is 9.03. The van der Waals surface area contributed by atoms with Gasteiger partial charge in [0, 0.05) is 18.9 Å². The number of ether oxygens (including phenoxy) is 1. The van der Waals surface area contributed by atoms with Gasteiger partial charge in [-0.1, -0.05) is 24.6 Å². The fourth-order valence-electron chi connectivity index (χ4n) is 1.40. The van der Waals surface area contributed by atoms with Crippen molar-refractivity contribution in [3.05, 3.63) is 12.7 Å². The zero-order valence-electron chi connectivity index (χ0n) is 7.01. The molecular formula is C9H13ClO2. The van der Waals surface area contributed by atoms with Crippen LogP contribution in [0.3, 0.4) is 0 Å². The van der Waals surface area contributed by atoms with E-state index < -0.39 is 11.0 Å². The Labute approximate surface area is 77.5 Å². The minimum Gasteiger partial charge on any atom is -0.440 e. The van der Waals surface area contributed by atoms with Crippen molar-refractivity contribution in [1.82, 2.24) is 0 Å². The van der Waals surface area contributed by atoms with Gasteiger partial charge in [0.05, 0.1) is 0 Å². The molecule has 68 valence electrons. The number of rotatable bonds is 2. The largest absolute Gasteiger partial charge is 0.440 e. The van der Waals surface area contributed by atoms with Crippen molar-refractivity contribution < 1.29 is 9.53 Å². The summed E-state index contributed by atoms with van der Waals surface area (Å²) in [4.78, 5) is 10.9. The summed E-state index contributed by atoms with van der Waals surface area (Å²) in [6.45, 7) is 3.32. The molecule has 0 unspecified atom stereocenters. The quantitative estimate of drug-likeness (QED) is 0.378. The Morgan fingerprint density at radius 2 is 2.00 bits per heavy atom. The Kier molecular flexibility index (Phi) is 3.15. The van der Waals surface area contributed by atoms with E-state index in [1.54, 1.807) is 0 Å². The normalized spacial score (nSPS) is 21.4. The zero-order valence-corrected chi connectivity index (χ0v) is 7.77. The Hall–Kier alpha value is -0.500. The van der Waals surface area contributed by atoms with Crippen molar-refractivity contribution in [2.75, 3.05) is 0 Å². The van der Waals surface area contributed by atoms with Crippen LogP contribution in [0.5, 0.6) is 0 Å². The molecule has 12 heavy (non-hydrogen) atoms. The highest BCUT2D eigenvalue weighted by molar-refractivity contribution is 6.23. The Bertz CT molecular complexity index is 183. The SMILES string of the molecule is C=CC(=O)OC1(Cl)CCCCC1. The van der Waals surface area contributed by atoms with E-state index in [1.165, 1.54) is 6.42 Å². The molecule has 0 bridgehead atoms. The maximum atomic E-state index is 10.9. The number of hydrogen-bond donors (Lipinski definition) is 0. The lowest BCUT2D eigenvalue weighted by atomic mass is 9.97. The van der Waals surface area contributed by atoms with Gasteiger partial charge in [-0.2, -0.15) is 0 Å². The summed E-state index contributed by atoms with van der Waals surface area (Å²) in [5, 5.41) is -0.747. The second-order valence-corrected chi connectivity index (χ2v) is 3.76. The van der Waals surface area contributed by atoms with Crippen LogP contribution < -0.4 is 0 Å². The minimum absolute atomic E-state index is 0.424. The molecule has 2 nitrogen and oxygen atoms in total. The van der Waals surface area contributed by atoms with Gasteiger partial charge in [0.1, 0.15) is 0 Å². The molecule has 1 fully saturated rings. The third-order valence-corrected chi connectivity index (χ3v) is 2.51. The number of halogens is 1. The third kappa shape index (κ3) is 2.52. The van der Waals surface area contributed by atoms with Crippen molar-refractivity contribution in [3.8, 4) is 0 Å². The highest BCUT2D eigenvalue weighted by Gasteiger charge is 2.32. The standard InChI is InChI=1S/C9H13ClO2/c1-2-8(11)12-9(10)6-4-3-5-7-9/h2H,1,3-7H2. The summed E-state index contributed by atoms with van der Waals surface area (Å²) >= 11 is 6.06. The molecule has 0 radical (unpaired) electrons. The number of alkyl halides is 1. The van der Waals surface area contributed by atoms with Crippen LogP contribution in [0.2, 0.25) is 0 Å². The lowest BCUT2D eigenvalue weighted by molar-refractivity contribution is -0.147. The Morgan fingerprint density at radius 1 is 1.42 bits per heavy atom. The van der Waals surface area contributed by atoms with Crippen LogP contribution in [0.15, 0.2) is 12.7 Å². The Balaban J connectivity index is 2.46. The van der Waals surface area contributed by atoms with E-state index in [2.05, 4.69) is 6.58 Å². The molecule has 0 saturated heterocycles. The molecule has 0 aromatic carbocycles. The molecule has 1 aliphatic carbocycles. The van der Waals surface area contributed by atoms with Crippen LogP contribution >= 0.6 is 11.6 Å². The molecule has 0 amide bonds. The summed E-state index contributed by atoms with van der Waals surface area (Å²) in [6, 6.07) is 0. The lowest BCUT2D eigenvalue weighted by Crippen LogP contribution is -2.30. The molecule has 0 spiro atoms. The van der Waals surface area contributed by atoms with E-state index in [0.717, 1.165) is 31.8 Å². The maximum Gasteiger partial charge on any atom is 0.331 e. The number of carbonyl (C=O) groups excluding carboxylic acids is 1. The van der Waals surface area contributed by atoms with Gasteiger partial charge < -0.3 is 4.74 Å². The summed E-state index contributed by atoms with van der Waals surface area (Å²) in [6.07, 6.45) is 5.92. The van der Waals surface area contributed by atoms with E-state index in [9.17, 15) is 4.79 Å². The van der Waals surface area contributed by atoms with E-state index >= 15 is 0 Å². The van der Waals surface area contributed by atoms with Crippen LogP contribution in [0.4, 0.5) is 0 Å². The lowest BCUT2D eigenvalue weighted by Gasteiger charge is -2.30. The van der Waals surface area contributed by atoms with Crippen molar-refractivity contribution in [3.63, 3.8) is 0 Å². The third-order valence-electron chi connectivity index (χ3n) is 2.05. The topological polar surface area (TPSA) is 26.3 Å². The van der Waals surface area contributed by atoms with E-state index in [1.807, 2.05) is 0 Å². The van der Waals surface area contributed by atoms with Gasteiger partial charge in [-0.05, 0) is 12.8 Å². The molecule has 1 rings (SSSR count). The molecule has 1 saturated carbocycles. The summed E-state index contributed by atoms with van der Waals surface area (Å²) in [5.41, 5.74) is 0. The predicted molar refractivity (Wildman–Crippen MR) is 48.0 cm³/mol. The predicted octanol–water partition coefficient (Wildman–Crippen LogP) is 2.61. The second kappa shape index (κ2) is 3.94. The van der Waals surface area contributed by atoms with Crippen LogP contribution in [-0.2, 0) is 9.53 Å². The molecule has 0 aliphatic heterocycles. The highest BCUT2D eigenvalue weighted by atomic mass is 35.5. The van der Waals surface area contributed by atoms with Gasteiger partial charge in [0.15, 0.2) is 5.06 Å². The first-order chi connectivity index (χ1) is 5.66. The van der Waals surface area contributed by atoms with Gasteiger partial charge >= 0.3 is 5.97 Å². The first-order valence-electron chi connectivity index (χ1n) is 4.21. The average molecular weight is 189 g/mol. The summed E-state index contributed by atoms with van der Waals surface area (Å²) < 4.78 is 5.04. The fraction of sp³-hybridized carbons (Fsp3) is 0.667. The number of hydrogen-bond acceptors (Lipinski definition) is 2. The number of esters is 1. The van der Waals surface area contributed by atoms with Crippen molar-refractivity contribution >= 4 is 17.6 Å². The van der Waals surface area contributed by atoms with Crippen molar-refractivity contribution in [2.45, 2.75) is 37.2 Å². The smallest absolute Gasteiger partial charge is 0.331 e. The molecule has 0 aromatic rings. The maximum absolute atomic E-state index is 10.9. The average Bonchev–Trinajstić information content (AvgIpc) is 2.05. The summed E-state index contributed by atoms with van der Waals surface area (Å²) in [5.74, 6) is -0.424. The van der Waals surface area contributed by atoms with E-state index in [0.29, 0.717) is 0 Å². The molecular weight excluding hydrogens is 176 g/mol. The summed E-state index contributed by atoms with van der Waals surface area (Å²) in [7, 11) is 0. The van der Waals surface area contributed by atoms with Crippen LogP contribution in [0.1, 0.15) is 32.1 Å². The van der Waals surface area contributed by atoms with Crippen LogP contribution in [-0.4, -0.2) is 11.0 Å². The van der Waals surface area contributed by atoms with Crippen molar-refractivity contribution in [2.24, 2.45) is 0 Å². The molecule has 1 aliphatic rings. The Morgan fingerprint density at radius 3 is 2.50 bits per heavy atom. The van der Waals surface area contributed by atoms with Crippen molar-refractivity contribution in [1.29, 1.82) is 0 Å². The van der Waals surface area contributed by atoms with Gasteiger partial charge in [-0.15, -0.1) is 0 Å². The monoisotopic (exact) mass is 188 g/mol. The van der Waals surface area contributed by atoms with E-state index in [4.69, 9.17) is 16.3 Å². The van der Waals surface area contributed by atoms with Gasteiger partial charge in [-0.25, -0.2) is 4.79 Å². The van der Waals surface area contributed by atoms with Crippen LogP contribution in [0.25, 0.3) is 0 Å². The molecule has 0 aromatic heterocycles. The second-order valence-electron chi connectivity index (χ2n) is 3.07. The van der Waals surface area contributed by atoms with Gasteiger partial charge in [-0.3, -0.25) is 0 Å². The van der Waals surface area contributed by atoms with Gasteiger partial charge in [0.2, 0.25) is 0 Å². The molecule has 3 heteroatoms. The van der Waals surface area contributed by atoms with Crippen LogP contribution in [0, 0.1) is 0 Å².